The molecule has 0 bridgehead atoms. The molecule has 0 fully saturated rings. The molecule has 0 rings (SSSR count). The molecule has 0 aromatic rings. The zero-order valence-electron chi connectivity index (χ0n) is 9.49. The van der Waals surface area contributed by atoms with E-state index in [4.69, 9.17) is 0 Å². The maximum Gasteiger partial charge on any atom is 0.126 e. The van der Waals surface area contributed by atoms with Gasteiger partial charge in [0.25, 0.3) is 0 Å². The Balaban J connectivity index is 0. The quantitative estimate of drug-likeness (QED) is 0.508. The van der Waals surface area contributed by atoms with Crippen molar-refractivity contribution in [2.45, 2.75) is 48.5 Å². The first-order chi connectivity index (χ1) is 5.15. The van der Waals surface area contributed by atoms with E-state index >= 15 is 0 Å². The molecule has 0 aromatic carbocycles. The SMILES string of the molecule is CC(C)=CC(C)(C)C.CC(C)=O. The van der Waals surface area contributed by atoms with Gasteiger partial charge in [0.15, 0.2) is 0 Å². The minimum atomic E-state index is 0.167. The molecule has 0 spiro atoms. The van der Waals surface area contributed by atoms with Gasteiger partial charge in [-0.05, 0) is 33.1 Å². The van der Waals surface area contributed by atoms with Crippen LogP contribution >= 0.6 is 0 Å². The number of hydrogen-bond donors (Lipinski definition) is 0. The highest BCUT2D eigenvalue weighted by Crippen LogP contribution is 2.16. The molecule has 0 aliphatic heterocycles. The average Bonchev–Trinajstić information content (AvgIpc) is 1.52. The Morgan fingerprint density at radius 1 is 1.00 bits per heavy atom. The van der Waals surface area contributed by atoms with Crippen LogP contribution in [0.2, 0.25) is 0 Å². The Morgan fingerprint density at radius 3 is 1.25 bits per heavy atom. The van der Waals surface area contributed by atoms with E-state index in [0.717, 1.165) is 0 Å². The molecule has 0 amide bonds. The van der Waals surface area contributed by atoms with Crippen LogP contribution in [0.5, 0.6) is 0 Å². The fourth-order valence-electron chi connectivity index (χ4n) is 0.866. The maximum absolute atomic E-state index is 9.44. The zero-order chi connectivity index (χ0) is 10.4. The van der Waals surface area contributed by atoms with E-state index in [1.54, 1.807) is 0 Å². The van der Waals surface area contributed by atoms with Crippen LogP contribution in [-0.4, -0.2) is 5.78 Å². The lowest BCUT2D eigenvalue weighted by Gasteiger charge is -2.11. The second-order valence-corrected chi connectivity index (χ2v) is 4.50. The van der Waals surface area contributed by atoms with Crippen LogP contribution in [0.25, 0.3) is 0 Å². The Hall–Kier alpha value is -0.590. The van der Waals surface area contributed by atoms with Crippen molar-refractivity contribution in [1.29, 1.82) is 0 Å². The normalized spacial score (nSPS) is 9.58. The average molecular weight is 170 g/mol. The van der Waals surface area contributed by atoms with E-state index in [-0.39, 0.29) is 5.78 Å². The van der Waals surface area contributed by atoms with Crippen LogP contribution in [0.1, 0.15) is 48.5 Å². The minimum absolute atomic E-state index is 0.167. The summed E-state index contributed by atoms with van der Waals surface area (Å²) in [5.41, 5.74) is 1.76. The molecule has 0 aromatic heterocycles. The molecule has 0 N–H and O–H groups in total. The number of allylic oxidation sites excluding steroid dienone is 2. The summed E-state index contributed by atoms with van der Waals surface area (Å²) in [4.78, 5) is 9.44. The molecule has 12 heavy (non-hydrogen) atoms. The lowest BCUT2D eigenvalue weighted by Crippen LogP contribution is -1.99. The van der Waals surface area contributed by atoms with E-state index in [0.29, 0.717) is 5.41 Å². The molecule has 0 aliphatic carbocycles. The molecule has 0 aliphatic rings. The second kappa shape index (κ2) is 5.99. The fourth-order valence-corrected chi connectivity index (χ4v) is 0.866. The summed E-state index contributed by atoms with van der Waals surface area (Å²) in [5.74, 6) is 0.167. The van der Waals surface area contributed by atoms with Gasteiger partial charge in [0, 0.05) is 0 Å². The molecule has 0 saturated carbocycles. The summed E-state index contributed by atoms with van der Waals surface area (Å²) in [6.07, 6.45) is 2.27. The monoisotopic (exact) mass is 170 g/mol. The van der Waals surface area contributed by atoms with E-state index in [9.17, 15) is 4.79 Å². The highest BCUT2D eigenvalue weighted by molar-refractivity contribution is 5.72. The van der Waals surface area contributed by atoms with Crippen molar-refractivity contribution in [1.82, 2.24) is 0 Å². The lowest BCUT2D eigenvalue weighted by molar-refractivity contribution is -0.114. The zero-order valence-corrected chi connectivity index (χ0v) is 9.49. The van der Waals surface area contributed by atoms with Crippen molar-refractivity contribution in [2.75, 3.05) is 0 Å². The molecule has 0 heterocycles. The topological polar surface area (TPSA) is 17.1 Å². The van der Waals surface area contributed by atoms with E-state index in [1.165, 1.54) is 19.4 Å². The van der Waals surface area contributed by atoms with Gasteiger partial charge in [0.1, 0.15) is 5.78 Å². The number of carbonyl (C=O) groups is 1. The van der Waals surface area contributed by atoms with Crippen LogP contribution in [0.15, 0.2) is 11.6 Å². The standard InChI is InChI=1S/C8H16.C3H6O/c1-7(2)6-8(3,4)5;1-3(2)4/h6H,1-5H3;1-2H3. The van der Waals surface area contributed by atoms with Crippen molar-refractivity contribution in [3.05, 3.63) is 11.6 Å². The van der Waals surface area contributed by atoms with Crippen LogP contribution in [0, 0.1) is 5.41 Å². The smallest absolute Gasteiger partial charge is 0.126 e. The number of rotatable bonds is 0. The largest absolute Gasteiger partial charge is 0.300 e. The first-order valence-corrected chi connectivity index (χ1v) is 4.28. The van der Waals surface area contributed by atoms with E-state index < -0.39 is 0 Å². The van der Waals surface area contributed by atoms with Crippen molar-refractivity contribution < 1.29 is 4.79 Å². The summed E-state index contributed by atoms with van der Waals surface area (Å²) in [7, 11) is 0. The van der Waals surface area contributed by atoms with Gasteiger partial charge < -0.3 is 4.79 Å². The number of Topliss-reactive ketones (excluding diaryl/α,β-unsaturated/α-hetero) is 1. The van der Waals surface area contributed by atoms with Crippen molar-refractivity contribution in [3.63, 3.8) is 0 Å². The molecule has 0 atom stereocenters. The van der Waals surface area contributed by atoms with E-state index in [2.05, 4.69) is 40.7 Å². The number of ketones is 1. The maximum atomic E-state index is 9.44. The van der Waals surface area contributed by atoms with Gasteiger partial charge in [0.05, 0.1) is 0 Å². The predicted octanol–water partition coefficient (Wildman–Crippen LogP) is 3.59. The van der Waals surface area contributed by atoms with Crippen molar-refractivity contribution in [2.24, 2.45) is 5.41 Å². The molecule has 1 heteroatoms. The Kier molecular flexibility index (Phi) is 6.96. The van der Waals surface area contributed by atoms with Gasteiger partial charge in [-0.25, -0.2) is 0 Å². The van der Waals surface area contributed by atoms with Crippen LogP contribution < -0.4 is 0 Å². The number of hydrogen-bond acceptors (Lipinski definition) is 1. The summed E-state index contributed by atoms with van der Waals surface area (Å²) < 4.78 is 0. The van der Waals surface area contributed by atoms with Crippen LogP contribution in [0.3, 0.4) is 0 Å². The van der Waals surface area contributed by atoms with Gasteiger partial charge in [-0.15, -0.1) is 0 Å². The van der Waals surface area contributed by atoms with Gasteiger partial charge in [0.2, 0.25) is 0 Å². The summed E-state index contributed by atoms with van der Waals surface area (Å²) in [6.45, 7) is 13.9. The summed E-state index contributed by atoms with van der Waals surface area (Å²) in [6, 6.07) is 0. The molecular weight excluding hydrogens is 148 g/mol. The highest BCUT2D eigenvalue weighted by Gasteiger charge is 2.03. The van der Waals surface area contributed by atoms with Crippen LogP contribution in [0.4, 0.5) is 0 Å². The van der Waals surface area contributed by atoms with Crippen molar-refractivity contribution >= 4 is 5.78 Å². The first kappa shape index (κ1) is 14.0. The molecule has 0 radical (unpaired) electrons. The van der Waals surface area contributed by atoms with Gasteiger partial charge in [-0.3, -0.25) is 0 Å². The third-order valence-corrected chi connectivity index (χ3v) is 0.722. The van der Waals surface area contributed by atoms with Crippen LogP contribution in [-0.2, 0) is 4.79 Å². The third-order valence-electron chi connectivity index (χ3n) is 0.722. The Labute approximate surface area is 76.9 Å². The van der Waals surface area contributed by atoms with Gasteiger partial charge in [-0.1, -0.05) is 32.4 Å². The van der Waals surface area contributed by atoms with Gasteiger partial charge >= 0.3 is 0 Å². The molecular formula is C11H22O. The van der Waals surface area contributed by atoms with Gasteiger partial charge in [-0.2, -0.15) is 0 Å². The minimum Gasteiger partial charge on any atom is -0.300 e. The first-order valence-electron chi connectivity index (χ1n) is 4.28. The predicted molar refractivity (Wildman–Crippen MR) is 55.2 cm³/mol. The third kappa shape index (κ3) is 34.2. The second-order valence-electron chi connectivity index (χ2n) is 4.50. The summed E-state index contributed by atoms with van der Waals surface area (Å²) in [5, 5.41) is 0. The van der Waals surface area contributed by atoms with Crippen molar-refractivity contribution in [3.8, 4) is 0 Å². The number of carbonyl (C=O) groups excluding carboxylic acids is 1. The van der Waals surface area contributed by atoms with E-state index in [1.807, 2.05) is 0 Å². The lowest BCUT2D eigenvalue weighted by atomic mass is 9.94. The molecule has 72 valence electrons. The molecule has 1 nitrogen and oxygen atoms in total. The molecule has 0 unspecified atom stereocenters. The Bertz CT molecular complexity index is 150. The highest BCUT2D eigenvalue weighted by atomic mass is 16.1. The molecule has 0 saturated heterocycles. The Morgan fingerprint density at radius 2 is 1.25 bits per heavy atom. The fraction of sp³-hybridized carbons (Fsp3) is 0.727. The summed E-state index contributed by atoms with van der Waals surface area (Å²) >= 11 is 0.